The second kappa shape index (κ2) is 9.73. The molecule has 2 aromatic carbocycles. The Morgan fingerprint density at radius 2 is 1.75 bits per heavy atom. The minimum atomic E-state index is -0.134. The fourth-order valence-corrected chi connectivity index (χ4v) is 2.15. The number of hydrogen-bond donors (Lipinski definition) is 1. The molecule has 0 radical (unpaired) electrons. The molecule has 0 aliphatic heterocycles. The lowest BCUT2D eigenvalue weighted by atomic mass is 10.2. The van der Waals surface area contributed by atoms with Crippen molar-refractivity contribution in [1.29, 1.82) is 0 Å². The smallest absolute Gasteiger partial charge is 0.255 e. The molecule has 0 saturated heterocycles. The Morgan fingerprint density at radius 1 is 1.04 bits per heavy atom. The molecule has 2 aromatic rings. The van der Waals surface area contributed by atoms with Crippen LogP contribution in [0.25, 0.3) is 0 Å². The van der Waals surface area contributed by atoms with E-state index < -0.39 is 0 Å². The third kappa shape index (κ3) is 6.05. The molecule has 4 heteroatoms. The summed E-state index contributed by atoms with van der Waals surface area (Å²) < 4.78 is 11.3. The molecule has 0 aromatic heterocycles. The van der Waals surface area contributed by atoms with Crippen molar-refractivity contribution in [3.63, 3.8) is 0 Å². The number of rotatable bonds is 9. The Hall–Kier alpha value is -2.33. The highest BCUT2D eigenvalue weighted by atomic mass is 16.5. The second-order valence-electron chi connectivity index (χ2n) is 5.99. The summed E-state index contributed by atoms with van der Waals surface area (Å²) in [7, 11) is 0. The minimum Gasteiger partial charge on any atom is -0.457 e. The Kier molecular flexibility index (Phi) is 7.30. The van der Waals surface area contributed by atoms with Gasteiger partial charge in [-0.15, -0.1) is 0 Å². The highest BCUT2D eigenvalue weighted by molar-refractivity contribution is 5.96. The summed E-state index contributed by atoms with van der Waals surface area (Å²) in [6.07, 6.45) is 0.792. The fraction of sp³-hybridized carbons (Fsp3) is 0.350. The zero-order chi connectivity index (χ0) is 17.2. The number of amides is 1. The van der Waals surface area contributed by atoms with Gasteiger partial charge in [0, 0.05) is 19.8 Å². The maximum Gasteiger partial charge on any atom is 0.255 e. The number of carbonyl (C=O) groups excluding carboxylic acids is 1. The van der Waals surface area contributed by atoms with Crippen molar-refractivity contribution < 1.29 is 14.3 Å². The third-order valence-corrected chi connectivity index (χ3v) is 3.30. The van der Waals surface area contributed by atoms with Crippen LogP contribution in [0, 0.1) is 5.92 Å². The first-order valence-corrected chi connectivity index (χ1v) is 8.34. The molecule has 1 amide bonds. The van der Waals surface area contributed by atoms with Crippen LogP contribution >= 0.6 is 0 Å². The van der Waals surface area contributed by atoms with E-state index in [9.17, 15) is 4.79 Å². The Morgan fingerprint density at radius 3 is 2.50 bits per heavy atom. The molecule has 2 rings (SSSR count). The van der Waals surface area contributed by atoms with Crippen LogP contribution < -0.4 is 10.1 Å². The third-order valence-electron chi connectivity index (χ3n) is 3.30. The Bertz CT molecular complexity index is 626. The van der Waals surface area contributed by atoms with Gasteiger partial charge in [-0.3, -0.25) is 4.79 Å². The summed E-state index contributed by atoms with van der Waals surface area (Å²) in [5.74, 6) is 1.66. The molecule has 1 N–H and O–H groups in total. The highest BCUT2D eigenvalue weighted by Gasteiger charge is 2.12. The lowest BCUT2D eigenvalue weighted by molar-refractivity contribution is 0.0923. The monoisotopic (exact) mass is 327 g/mol. The summed E-state index contributed by atoms with van der Waals surface area (Å²) in [5, 5.41) is 2.91. The van der Waals surface area contributed by atoms with E-state index in [0.717, 1.165) is 13.0 Å². The molecule has 0 spiro atoms. The first-order valence-electron chi connectivity index (χ1n) is 8.34. The molecule has 0 bridgehead atoms. The van der Waals surface area contributed by atoms with E-state index in [1.54, 1.807) is 12.1 Å². The fourth-order valence-electron chi connectivity index (χ4n) is 2.15. The summed E-state index contributed by atoms with van der Waals surface area (Å²) in [5.41, 5.74) is 0.532. The zero-order valence-electron chi connectivity index (χ0n) is 14.3. The number of hydrogen-bond acceptors (Lipinski definition) is 3. The molecule has 24 heavy (non-hydrogen) atoms. The number of nitrogens with one attached hydrogen (secondary N) is 1. The molecule has 0 aliphatic carbocycles. The standard InChI is InChI=1S/C20H25NO3/c1-16(2)15-23-14-8-13-21-20(22)18-11-6-7-12-19(18)24-17-9-4-3-5-10-17/h3-7,9-12,16H,8,13-15H2,1-2H3,(H,21,22). The Labute approximate surface area is 143 Å². The first-order chi connectivity index (χ1) is 11.7. The summed E-state index contributed by atoms with van der Waals surface area (Å²) in [4.78, 5) is 12.4. The van der Waals surface area contributed by atoms with E-state index in [2.05, 4.69) is 19.2 Å². The van der Waals surface area contributed by atoms with Gasteiger partial charge < -0.3 is 14.8 Å². The molecular formula is C20H25NO3. The largest absolute Gasteiger partial charge is 0.457 e. The minimum absolute atomic E-state index is 0.134. The van der Waals surface area contributed by atoms with Gasteiger partial charge in [0.05, 0.1) is 5.56 Å². The van der Waals surface area contributed by atoms with Crippen molar-refractivity contribution in [2.24, 2.45) is 5.92 Å². The van der Waals surface area contributed by atoms with E-state index in [-0.39, 0.29) is 5.91 Å². The zero-order valence-corrected chi connectivity index (χ0v) is 14.3. The molecule has 0 atom stereocenters. The van der Waals surface area contributed by atoms with Gasteiger partial charge in [-0.25, -0.2) is 0 Å². The van der Waals surface area contributed by atoms with Crippen LogP contribution in [0.1, 0.15) is 30.6 Å². The second-order valence-corrected chi connectivity index (χ2v) is 5.99. The van der Waals surface area contributed by atoms with Crippen molar-refractivity contribution in [2.75, 3.05) is 19.8 Å². The predicted octanol–water partition coefficient (Wildman–Crippen LogP) is 4.27. The van der Waals surface area contributed by atoms with Crippen molar-refractivity contribution in [2.45, 2.75) is 20.3 Å². The van der Waals surface area contributed by atoms with Gasteiger partial charge in [0.2, 0.25) is 0 Å². The maximum atomic E-state index is 12.4. The molecule has 0 fully saturated rings. The van der Waals surface area contributed by atoms with E-state index in [4.69, 9.17) is 9.47 Å². The van der Waals surface area contributed by atoms with Crippen molar-refractivity contribution in [1.82, 2.24) is 5.32 Å². The average molecular weight is 327 g/mol. The number of ether oxygens (including phenoxy) is 2. The van der Waals surface area contributed by atoms with Crippen LogP contribution in [-0.4, -0.2) is 25.7 Å². The Balaban J connectivity index is 1.86. The van der Waals surface area contributed by atoms with Crippen LogP contribution in [0.3, 0.4) is 0 Å². The quantitative estimate of drug-likeness (QED) is 0.700. The predicted molar refractivity (Wildman–Crippen MR) is 95.6 cm³/mol. The maximum absolute atomic E-state index is 12.4. The molecule has 0 aliphatic rings. The van der Waals surface area contributed by atoms with E-state index >= 15 is 0 Å². The van der Waals surface area contributed by atoms with Gasteiger partial charge in [0.25, 0.3) is 5.91 Å². The molecule has 128 valence electrons. The van der Waals surface area contributed by atoms with E-state index in [1.807, 2.05) is 42.5 Å². The number of para-hydroxylation sites is 2. The van der Waals surface area contributed by atoms with Crippen molar-refractivity contribution >= 4 is 5.91 Å². The molecule has 0 unspecified atom stereocenters. The lowest BCUT2D eigenvalue weighted by Gasteiger charge is -2.11. The van der Waals surface area contributed by atoms with Crippen molar-refractivity contribution in [3.05, 3.63) is 60.2 Å². The van der Waals surface area contributed by atoms with Crippen LogP contribution in [0.5, 0.6) is 11.5 Å². The van der Waals surface area contributed by atoms with Crippen LogP contribution in [0.2, 0.25) is 0 Å². The average Bonchev–Trinajstić information content (AvgIpc) is 2.59. The normalized spacial score (nSPS) is 10.6. The van der Waals surface area contributed by atoms with Gasteiger partial charge in [-0.1, -0.05) is 44.2 Å². The van der Waals surface area contributed by atoms with Crippen LogP contribution in [0.4, 0.5) is 0 Å². The van der Waals surface area contributed by atoms with Gasteiger partial charge in [0.1, 0.15) is 11.5 Å². The van der Waals surface area contributed by atoms with Crippen LogP contribution in [-0.2, 0) is 4.74 Å². The summed E-state index contributed by atoms with van der Waals surface area (Å²) >= 11 is 0. The van der Waals surface area contributed by atoms with E-state index in [1.165, 1.54) is 0 Å². The molecule has 0 saturated carbocycles. The highest BCUT2D eigenvalue weighted by Crippen LogP contribution is 2.24. The van der Waals surface area contributed by atoms with Crippen LogP contribution in [0.15, 0.2) is 54.6 Å². The van der Waals surface area contributed by atoms with Gasteiger partial charge in [0.15, 0.2) is 0 Å². The molecule has 4 nitrogen and oxygen atoms in total. The van der Waals surface area contributed by atoms with Gasteiger partial charge in [-0.2, -0.15) is 0 Å². The summed E-state index contributed by atoms with van der Waals surface area (Å²) in [6, 6.07) is 16.7. The SMILES string of the molecule is CC(C)COCCCNC(=O)c1ccccc1Oc1ccccc1. The van der Waals surface area contributed by atoms with Gasteiger partial charge >= 0.3 is 0 Å². The summed E-state index contributed by atoms with van der Waals surface area (Å²) in [6.45, 7) is 6.22. The molecule has 0 heterocycles. The topological polar surface area (TPSA) is 47.6 Å². The van der Waals surface area contributed by atoms with E-state index in [0.29, 0.717) is 36.1 Å². The lowest BCUT2D eigenvalue weighted by Crippen LogP contribution is -2.25. The number of carbonyl (C=O) groups is 1. The number of benzene rings is 2. The molecular weight excluding hydrogens is 302 g/mol. The van der Waals surface area contributed by atoms with Gasteiger partial charge in [-0.05, 0) is 36.6 Å². The first kappa shape index (κ1) is 18.0. The van der Waals surface area contributed by atoms with Crippen molar-refractivity contribution in [3.8, 4) is 11.5 Å².